The zero-order valence-corrected chi connectivity index (χ0v) is 12.2. The number of aryl methyl sites for hydroxylation is 1. The Bertz CT molecular complexity index is 673. The van der Waals surface area contributed by atoms with Gasteiger partial charge in [-0.2, -0.15) is 0 Å². The summed E-state index contributed by atoms with van der Waals surface area (Å²) in [5.74, 6) is -0.835. The number of aliphatic hydroxyl groups excluding tert-OH is 2. The Morgan fingerprint density at radius 3 is 2.73 bits per heavy atom. The molecule has 0 aliphatic heterocycles. The van der Waals surface area contributed by atoms with Gasteiger partial charge in [0.15, 0.2) is 0 Å². The number of anilines is 1. The molecule has 0 aliphatic carbocycles. The Balaban J connectivity index is 2.04. The molecule has 116 valence electrons. The number of amides is 1. The van der Waals surface area contributed by atoms with Crippen molar-refractivity contribution in [2.24, 2.45) is 0 Å². The summed E-state index contributed by atoms with van der Waals surface area (Å²) in [6.07, 6.45) is -1.25. The second kappa shape index (κ2) is 7.15. The van der Waals surface area contributed by atoms with Crippen LogP contribution in [0.2, 0.25) is 0 Å². The molecular weight excluding hydrogens is 285 g/mol. The van der Waals surface area contributed by atoms with Gasteiger partial charge < -0.3 is 15.5 Å². The van der Waals surface area contributed by atoms with Crippen molar-refractivity contribution in [1.29, 1.82) is 0 Å². The maximum absolute atomic E-state index is 13.1. The van der Waals surface area contributed by atoms with Gasteiger partial charge in [-0.3, -0.25) is 4.79 Å². The standard InChI is InChI=1S/C17H18FNO3/c1-11-5-6-12(10-20)7-15(11)19-17(22)9-16(21)13-3-2-4-14(18)8-13/h2-8,16,20-21H,9-10H2,1H3,(H,19,22). The number of nitrogens with one attached hydrogen (secondary N) is 1. The Hall–Kier alpha value is -2.24. The minimum absolute atomic E-state index is 0.116. The van der Waals surface area contributed by atoms with Crippen LogP contribution in [0.5, 0.6) is 0 Å². The van der Waals surface area contributed by atoms with Crippen LogP contribution >= 0.6 is 0 Å². The van der Waals surface area contributed by atoms with Crippen molar-refractivity contribution in [2.75, 3.05) is 5.32 Å². The lowest BCUT2D eigenvalue weighted by molar-refractivity contribution is -0.118. The smallest absolute Gasteiger partial charge is 0.227 e. The summed E-state index contributed by atoms with van der Waals surface area (Å²) in [7, 11) is 0. The third-order valence-electron chi connectivity index (χ3n) is 3.37. The first kappa shape index (κ1) is 16.1. The van der Waals surface area contributed by atoms with Crippen LogP contribution in [0.15, 0.2) is 42.5 Å². The van der Waals surface area contributed by atoms with E-state index in [1.807, 2.05) is 6.92 Å². The van der Waals surface area contributed by atoms with Gasteiger partial charge in [-0.1, -0.05) is 24.3 Å². The first-order valence-corrected chi connectivity index (χ1v) is 6.93. The van der Waals surface area contributed by atoms with Crippen molar-refractivity contribution in [3.63, 3.8) is 0 Å². The van der Waals surface area contributed by atoms with E-state index in [1.54, 1.807) is 24.3 Å². The van der Waals surface area contributed by atoms with E-state index >= 15 is 0 Å². The van der Waals surface area contributed by atoms with Gasteiger partial charge in [0.1, 0.15) is 5.82 Å². The minimum atomic E-state index is -1.07. The lowest BCUT2D eigenvalue weighted by Crippen LogP contribution is -2.16. The quantitative estimate of drug-likeness (QED) is 0.795. The molecule has 0 spiro atoms. The van der Waals surface area contributed by atoms with Crippen molar-refractivity contribution in [3.05, 3.63) is 65.0 Å². The third kappa shape index (κ3) is 4.13. The fraction of sp³-hybridized carbons (Fsp3) is 0.235. The highest BCUT2D eigenvalue weighted by Crippen LogP contribution is 2.21. The van der Waals surface area contributed by atoms with Gasteiger partial charge in [0, 0.05) is 5.69 Å². The van der Waals surface area contributed by atoms with E-state index < -0.39 is 11.9 Å². The number of carbonyl (C=O) groups is 1. The van der Waals surface area contributed by atoms with Crippen molar-refractivity contribution in [1.82, 2.24) is 0 Å². The van der Waals surface area contributed by atoms with Gasteiger partial charge in [-0.15, -0.1) is 0 Å². The van der Waals surface area contributed by atoms with E-state index in [2.05, 4.69) is 5.32 Å². The fourth-order valence-electron chi connectivity index (χ4n) is 2.11. The van der Waals surface area contributed by atoms with E-state index in [-0.39, 0.29) is 18.9 Å². The molecule has 22 heavy (non-hydrogen) atoms. The van der Waals surface area contributed by atoms with E-state index in [0.29, 0.717) is 16.8 Å². The Morgan fingerprint density at radius 1 is 1.27 bits per heavy atom. The highest BCUT2D eigenvalue weighted by atomic mass is 19.1. The molecule has 3 N–H and O–H groups in total. The van der Waals surface area contributed by atoms with Gasteiger partial charge in [-0.05, 0) is 41.8 Å². The Labute approximate surface area is 128 Å². The fourth-order valence-corrected chi connectivity index (χ4v) is 2.11. The van der Waals surface area contributed by atoms with Gasteiger partial charge >= 0.3 is 0 Å². The SMILES string of the molecule is Cc1ccc(CO)cc1NC(=O)CC(O)c1cccc(F)c1. The van der Waals surface area contributed by atoms with Crippen molar-refractivity contribution in [3.8, 4) is 0 Å². The number of hydrogen-bond acceptors (Lipinski definition) is 3. The summed E-state index contributed by atoms with van der Waals surface area (Å²) < 4.78 is 13.1. The summed E-state index contributed by atoms with van der Waals surface area (Å²) in [6, 6.07) is 10.8. The second-order valence-corrected chi connectivity index (χ2v) is 5.13. The number of rotatable bonds is 5. The summed E-state index contributed by atoms with van der Waals surface area (Å²) in [5.41, 5.74) is 2.48. The van der Waals surface area contributed by atoms with Gasteiger partial charge in [0.25, 0.3) is 0 Å². The molecule has 0 fully saturated rings. The van der Waals surface area contributed by atoms with Crippen LogP contribution in [-0.2, 0) is 11.4 Å². The Morgan fingerprint density at radius 2 is 2.05 bits per heavy atom. The average molecular weight is 303 g/mol. The second-order valence-electron chi connectivity index (χ2n) is 5.13. The summed E-state index contributed by atoms with van der Waals surface area (Å²) in [5, 5.41) is 21.8. The average Bonchev–Trinajstić information content (AvgIpc) is 2.49. The van der Waals surface area contributed by atoms with E-state index in [9.17, 15) is 14.3 Å². The monoisotopic (exact) mass is 303 g/mol. The summed E-state index contributed by atoms with van der Waals surface area (Å²) in [6.45, 7) is 1.72. The molecular formula is C17H18FNO3. The molecule has 0 radical (unpaired) electrons. The van der Waals surface area contributed by atoms with Crippen molar-refractivity contribution in [2.45, 2.75) is 26.1 Å². The molecule has 2 aromatic carbocycles. The molecule has 0 saturated heterocycles. The molecule has 2 rings (SSSR count). The van der Waals surface area contributed by atoms with Crippen LogP contribution in [0, 0.1) is 12.7 Å². The zero-order valence-electron chi connectivity index (χ0n) is 12.2. The van der Waals surface area contributed by atoms with E-state index in [0.717, 1.165) is 5.56 Å². The van der Waals surface area contributed by atoms with Crippen molar-refractivity contribution >= 4 is 11.6 Å². The van der Waals surface area contributed by atoms with Gasteiger partial charge in [-0.25, -0.2) is 4.39 Å². The molecule has 1 unspecified atom stereocenters. The molecule has 0 bridgehead atoms. The Kier molecular flexibility index (Phi) is 5.25. The zero-order chi connectivity index (χ0) is 16.1. The molecule has 0 aliphatic rings. The molecule has 1 atom stereocenters. The number of aliphatic hydroxyl groups is 2. The summed E-state index contributed by atoms with van der Waals surface area (Å²) in [4.78, 5) is 12.0. The van der Waals surface area contributed by atoms with Crippen LogP contribution < -0.4 is 5.32 Å². The molecule has 5 heteroatoms. The van der Waals surface area contributed by atoms with E-state index in [1.165, 1.54) is 18.2 Å². The lowest BCUT2D eigenvalue weighted by Gasteiger charge is -2.13. The molecule has 0 heterocycles. The first-order chi connectivity index (χ1) is 10.5. The number of carbonyl (C=O) groups excluding carboxylic acids is 1. The molecule has 4 nitrogen and oxygen atoms in total. The topological polar surface area (TPSA) is 69.6 Å². The van der Waals surface area contributed by atoms with Crippen LogP contribution in [0.1, 0.15) is 29.2 Å². The molecule has 2 aromatic rings. The molecule has 0 aromatic heterocycles. The first-order valence-electron chi connectivity index (χ1n) is 6.93. The predicted molar refractivity (Wildman–Crippen MR) is 81.7 cm³/mol. The third-order valence-corrected chi connectivity index (χ3v) is 3.37. The number of benzene rings is 2. The van der Waals surface area contributed by atoms with Gasteiger partial charge in [0.05, 0.1) is 19.1 Å². The normalized spacial score (nSPS) is 12.0. The molecule has 0 saturated carbocycles. The number of hydrogen-bond donors (Lipinski definition) is 3. The van der Waals surface area contributed by atoms with Gasteiger partial charge in [0.2, 0.25) is 5.91 Å². The largest absolute Gasteiger partial charge is 0.392 e. The molecule has 1 amide bonds. The highest BCUT2D eigenvalue weighted by Gasteiger charge is 2.14. The summed E-state index contributed by atoms with van der Waals surface area (Å²) >= 11 is 0. The van der Waals surface area contributed by atoms with E-state index in [4.69, 9.17) is 5.11 Å². The maximum atomic E-state index is 13.1. The van der Waals surface area contributed by atoms with Crippen LogP contribution in [-0.4, -0.2) is 16.1 Å². The maximum Gasteiger partial charge on any atom is 0.227 e. The van der Waals surface area contributed by atoms with Crippen LogP contribution in [0.3, 0.4) is 0 Å². The highest BCUT2D eigenvalue weighted by molar-refractivity contribution is 5.92. The van der Waals surface area contributed by atoms with Crippen molar-refractivity contribution < 1.29 is 19.4 Å². The number of halogens is 1. The predicted octanol–water partition coefficient (Wildman–Crippen LogP) is 2.69. The van der Waals surface area contributed by atoms with Crippen LogP contribution in [0.25, 0.3) is 0 Å². The lowest BCUT2D eigenvalue weighted by atomic mass is 10.1. The minimum Gasteiger partial charge on any atom is -0.392 e. The van der Waals surface area contributed by atoms with Crippen LogP contribution in [0.4, 0.5) is 10.1 Å².